The summed E-state index contributed by atoms with van der Waals surface area (Å²) in [6.45, 7) is 2.70. The van der Waals surface area contributed by atoms with Crippen LogP contribution < -0.4 is 10.1 Å². The fourth-order valence-electron chi connectivity index (χ4n) is 2.02. The second kappa shape index (κ2) is 6.77. The van der Waals surface area contributed by atoms with Crippen molar-refractivity contribution in [2.45, 2.75) is 19.4 Å². The first kappa shape index (κ1) is 14.9. The third kappa shape index (κ3) is 3.74. The van der Waals surface area contributed by atoms with Gasteiger partial charge in [0.2, 0.25) is 0 Å². The van der Waals surface area contributed by atoms with E-state index in [0.717, 1.165) is 22.8 Å². The van der Waals surface area contributed by atoms with Gasteiger partial charge in [-0.25, -0.2) is 0 Å². The van der Waals surface area contributed by atoms with Gasteiger partial charge in [-0.1, -0.05) is 11.6 Å². The van der Waals surface area contributed by atoms with Crippen molar-refractivity contribution in [3.63, 3.8) is 0 Å². The number of aryl methyl sites for hydroxylation is 1. The highest BCUT2D eigenvalue weighted by Gasteiger charge is 2.11. The summed E-state index contributed by atoms with van der Waals surface area (Å²) >= 11 is 6.06. The van der Waals surface area contributed by atoms with Crippen molar-refractivity contribution in [3.05, 3.63) is 46.7 Å². The zero-order valence-electron chi connectivity index (χ0n) is 12.1. The number of hydrogen-bond donors (Lipinski definition) is 1. The first-order valence-electron chi connectivity index (χ1n) is 6.67. The summed E-state index contributed by atoms with van der Waals surface area (Å²) in [5.41, 5.74) is 2.25. The van der Waals surface area contributed by atoms with E-state index >= 15 is 0 Å². The standard InChI is InChI=1S/C15H20ClN3O/c1-11(17-2)14-8-13(16)4-5-15(14)20-7-6-12-9-18-19(3)10-12/h4-5,8-11,17H,6-7H2,1-3H3. The van der Waals surface area contributed by atoms with Crippen molar-refractivity contribution in [2.75, 3.05) is 13.7 Å². The van der Waals surface area contributed by atoms with Crippen LogP contribution in [0.3, 0.4) is 0 Å². The monoisotopic (exact) mass is 293 g/mol. The zero-order chi connectivity index (χ0) is 14.5. The molecule has 20 heavy (non-hydrogen) atoms. The van der Waals surface area contributed by atoms with E-state index in [1.165, 1.54) is 5.56 Å². The molecule has 1 N–H and O–H groups in total. The Kier molecular flexibility index (Phi) is 5.04. The minimum Gasteiger partial charge on any atom is -0.493 e. The van der Waals surface area contributed by atoms with Gasteiger partial charge in [-0.05, 0) is 37.7 Å². The maximum atomic E-state index is 6.06. The third-order valence-corrected chi connectivity index (χ3v) is 3.51. The van der Waals surface area contributed by atoms with E-state index in [0.29, 0.717) is 6.61 Å². The summed E-state index contributed by atoms with van der Waals surface area (Å²) in [4.78, 5) is 0. The molecule has 0 fully saturated rings. The summed E-state index contributed by atoms with van der Waals surface area (Å²) in [7, 11) is 3.83. The van der Waals surface area contributed by atoms with Gasteiger partial charge in [0.25, 0.3) is 0 Å². The second-order valence-electron chi connectivity index (χ2n) is 4.81. The molecule has 2 rings (SSSR count). The average Bonchev–Trinajstić information content (AvgIpc) is 2.85. The predicted molar refractivity (Wildman–Crippen MR) is 81.3 cm³/mol. The van der Waals surface area contributed by atoms with Gasteiger partial charge in [-0.3, -0.25) is 4.68 Å². The minimum absolute atomic E-state index is 0.196. The van der Waals surface area contributed by atoms with E-state index in [2.05, 4.69) is 17.3 Å². The molecule has 1 unspecified atom stereocenters. The lowest BCUT2D eigenvalue weighted by molar-refractivity contribution is 0.315. The van der Waals surface area contributed by atoms with Crippen LogP contribution >= 0.6 is 11.6 Å². The van der Waals surface area contributed by atoms with Gasteiger partial charge in [-0.15, -0.1) is 0 Å². The van der Waals surface area contributed by atoms with Gasteiger partial charge in [0.15, 0.2) is 0 Å². The summed E-state index contributed by atoms with van der Waals surface area (Å²) in [6, 6.07) is 5.92. The smallest absolute Gasteiger partial charge is 0.124 e. The molecule has 1 aromatic heterocycles. The molecule has 2 aromatic rings. The molecule has 0 amide bonds. The molecule has 0 aliphatic carbocycles. The van der Waals surface area contributed by atoms with Crippen molar-refractivity contribution < 1.29 is 4.74 Å². The van der Waals surface area contributed by atoms with Gasteiger partial charge in [0.05, 0.1) is 12.8 Å². The Morgan fingerprint density at radius 2 is 2.25 bits per heavy atom. The molecule has 0 aliphatic heterocycles. The zero-order valence-corrected chi connectivity index (χ0v) is 12.8. The van der Waals surface area contributed by atoms with Crippen LogP contribution in [0.4, 0.5) is 0 Å². The van der Waals surface area contributed by atoms with E-state index in [1.807, 2.05) is 44.7 Å². The number of ether oxygens (including phenoxy) is 1. The molecule has 5 heteroatoms. The Hall–Kier alpha value is -1.52. The van der Waals surface area contributed by atoms with E-state index in [4.69, 9.17) is 16.3 Å². The molecular formula is C15H20ClN3O. The predicted octanol–water partition coefficient (Wildman–Crippen LogP) is 2.98. The van der Waals surface area contributed by atoms with Crippen LogP contribution in [0.15, 0.2) is 30.6 Å². The van der Waals surface area contributed by atoms with Crippen LogP contribution in [0.25, 0.3) is 0 Å². The molecule has 0 saturated carbocycles. The molecular weight excluding hydrogens is 274 g/mol. The molecule has 0 bridgehead atoms. The molecule has 4 nitrogen and oxygen atoms in total. The van der Waals surface area contributed by atoms with Gasteiger partial charge in [0, 0.05) is 36.3 Å². The summed E-state index contributed by atoms with van der Waals surface area (Å²) < 4.78 is 7.69. The Morgan fingerprint density at radius 1 is 1.45 bits per heavy atom. The fourth-order valence-corrected chi connectivity index (χ4v) is 2.21. The lowest BCUT2D eigenvalue weighted by Crippen LogP contribution is -2.14. The van der Waals surface area contributed by atoms with Gasteiger partial charge in [-0.2, -0.15) is 5.10 Å². The lowest BCUT2D eigenvalue weighted by Gasteiger charge is -2.16. The van der Waals surface area contributed by atoms with Gasteiger partial charge >= 0.3 is 0 Å². The molecule has 0 radical (unpaired) electrons. The normalized spacial score (nSPS) is 12.4. The molecule has 1 atom stereocenters. The number of benzene rings is 1. The molecule has 0 aliphatic rings. The van der Waals surface area contributed by atoms with E-state index < -0.39 is 0 Å². The Bertz CT molecular complexity index is 568. The van der Waals surface area contributed by atoms with Crippen molar-refractivity contribution >= 4 is 11.6 Å². The summed E-state index contributed by atoms with van der Waals surface area (Å²) in [5, 5.41) is 8.08. The quantitative estimate of drug-likeness (QED) is 0.890. The highest BCUT2D eigenvalue weighted by molar-refractivity contribution is 6.30. The summed E-state index contributed by atoms with van der Waals surface area (Å²) in [6.07, 6.45) is 4.70. The number of hydrogen-bond acceptors (Lipinski definition) is 3. The number of rotatable bonds is 6. The van der Waals surface area contributed by atoms with E-state index in [-0.39, 0.29) is 6.04 Å². The van der Waals surface area contributed by atoms with Crippen LogP contribution in [-0.4, -0.2) is 23.4 Å². The van der Waals surface area contributed by atoms with Crippen LogP contribution in [0.1, 0.15) is 24.1 Å². The Labute approximate surface area is 124 Å². The van der Waals surface area contributed by atoms with Gasteiger partial charge < -0.3 is 10.1 Å². The largest absolute Gasteiger partial charge is 0.493 e. The second-order valence-corrected chi connectivity index (χ2v) is 5.25. The molecule has 1 aromatic carbocycles. The highest BCUT2D eigenvalue weighted by atomic mass is 35.5. The third-order valence-electron chi connectivity index (χ3n) is 3.28. The maximum Gasteiger partial charge on any atom is 0.124 e. The number of aromatic nitrogens is 2. The Balaban J connectivity index is 2.01. The molecule has 1 heterocycles. The van der Waals surface area contributed by atoms with Crippen molar-refractivity contribution in [1.82, 2.24) is 15.1 Å². The maximum absolute atomic E-state index is 6.06. The van der Waals surface area contributed by atoms with Crippen molar-refractivity contribution in [1.29, 1.82) is 0 Å². The summed E-state index contributed by atoms with van der Waals surface area (Å²) in [5.74, 6) is 0.875. The number of nitrogens with one attached hydrogen (secondary N) is 1. The van der Waals surface area contributed by atoms with Crippen LogP contribution in [0.5, 0.6) is 5.75 Å². The average molecular weight is 294 g/mol. The molecule has 108 valence electrons. The minimum atomic E-state index is 0.196. The molecule has 0 spiro atoms. The van der Waals surface area contributed by atoms with Crippen LogP contribution in [0, 0.1) is 0 Å². The first-order valence-corrected chi connectivity index (χ1v) is 7.05. The lowest BCUT2D eigenvalue weighted by atomic mass is 10.1. The topological polar surface area (TPSA) is 39.1 Å². The van der Waals surface area contributed by atoms with Crippen LogP contribution in [0.2, 0.25) is 5.02 Å². The van der Waals surface area contributed by atoms with Crippen molar-refractivity contribution in [3.8, 4) is 5.75 Å². The molecule has 0 saturated heterocycles. The fraction of sp³-hybridized carbons (Fsp3) is 0.400. The SMILES string of the molecule is CNC(C)c1cc(Cl)ccc1OCCc1cnn(C)c1. The first-order chi connectivity index (χ1) is 9.60. The van der Waals surface area contributed by atoms with E-state index in [9.17, 15) is 0 Å². The number of nitrogens with zero attached hydrogens (tertiary/aromatic N) is 2. The van der Waals surface area contributed by atoms with E-state index in [1.54, 1.807) is 4.68 Å². The van der Waals surface area contributed by atoms with Gasteiger partial charge in [0.1, 0.15) is 5.75 Å². The number of halogens is 1. The van der Waals surface area contributed by atoms with Crippen LogP contribution in [-0.2, 0) is 13.5 Å². The Morgan fingerprint density at radius 3 is 2.90 bits per heavy atom. The highest BCUT2D eigenvalue weighted by Crippen LogP contribution is 2.28. The van der Waals surface area contributed by atoms with Crippen molar-refractivity contribution in [2.24, 2.45) is 7.05 Å².